The zero-order valence-corrected chi connectivity index (χ0v) is 31.4. The highest BCUT2D eigenvalue weighted by Gasteiger charge is 2.61. The van der Waals surface area contributed by atoms with Crippen molar-refractivity contribution in [2.75, 3.05) is 13.7 Å². The van der Waals surface area contributed by atoms with Crippen LogP contribution in [0.5, 0.6) is 0 Å². The minimum absolute atomic E-state index is 0.0421. The Labute approximate surface area is 307 Å². The third-order valence-electron chi connectivity index (χ3n) is 12.4. The number of piperidine rings is 1. The smallest absolute Gasteiger partial charge is 0.408 e. The summed E-state index contributed by atoms with van der Waals surface area (Å²) in [6, 6.07) is -1.58. The molecule has 13 heteroatoms. The number of carbonyl (C=O) groups excluding carboxylic acids is 4. The van der Waals surface area contributed by atoms with E-state index < -0.39 is 59.1 Å². The topological polar surface area (TPSA) is 173 Å². The van der Waals surface area contributed by atoms with Crippen molar-refractivity contribution in [2.45, 2.75) is 171 Å². The molecular formula is C39H60N4O9. The summed E-state index contributed by atoms with van der Waals surface area (Å²) in [7, 11) is 1.78. The third-order valence-corrected chi connectivity index (χ3v) is 12.4. The van der Waals surface area contributed by atoms with E-state index in [0.717, 1.165) is 25.7 Å². The van der Waals surface area contributed by atoms with Crippen molar-refractivity contribution in [3.63, 3.8) is 0 Å². The molecule has 4 N–H and O–H groups in total. The fraction of sp³-hybridized carbons (Fsp3) is 0.821. The first-order valence-electron chi connectivity index (χ1n) is 19.7. The molecule has 0 aromatic heterocycles. The van der Waals surface area contributed by atoms with Crippen LogP contribution in [0.2, 0.25) is 0 Å². The number of nitrogens with zero attached hydrogens (tertiary/aromatic N) is 1. The molecule has 0 spiro atoms. The van der Waals surface area contributed by atoms with Gasteiger partial charge in [0.1, 0.15) is 29.0 Å². The van der Waals surface area contributed by atoms with E-state index in [9.17, 15) is 29.1 Å². The minimum Gasteiger partial charge on any atom is -0.479 e. The molecule has 290 valence electrons. The summed E-state index contributed by atoms with van der Waals surface area (Å²) in [5.74, 6) is -1.86. The van der Waals surface area contributed by atoms with Crippen molar-refractivity contribution in [3.05, 3.63) is 12.2 Å². The van der Waals surface area contributed by atoms with Crippen LogP contribution >= 0.6 is 0 Å². The number of ether oxygens (including phenoxy) is 3. The zero-order valence-electron chi connectivity index (χ0n) is 31.4. The van der Waals surface area contributed by atoms with Gasteiger partial charge < -0.3 is 40.2 Å². The van der Waals surface area contributed by atoms with Gasteiger partial charge in [0, 0.05) is 56.8 Å². The maximum Gasteiger partial charge on any atom is 0.408 e. The number of nitrogens with one attached hydrogen (secondary N) is 3. The minimum atomic E-state index is -1.48. The number of hydrogen-bond donors (Lipinski definition) is 4. The van der Waals surface area contributed by atoms with Gasteiger partial charge in [0.2, 0.25) is 11.8 Å². The number of rotatable bonds is 6. The van der Waals surface area contributed by atoms with Gasteiger partial charge in [0.25, 0.3) is 0 Å². The van der Waals surface area contributed by atoms with Crippen LogP contribution in [0.3, 0.4) is 0 Å². The van der Waals surface area contributed by atoms with Crippen LogP contribution < -0.4 is 16.0 Å². The summed E-state index contributed by atoms with van der Waals surface area (Å²) in [6.07, 6.45) is 13.3. The van der Waals surface area contributed by atoms with Gasteiger partial charge in [-0.05, 0) is 84.5 Å². The SMILES string of the molecule is COC1CCC2C(C1)NC(C1CCCCC1)CC2OC1C[C@H]2C(=O)N[C@]3(C(=O)O)C[C@@H]3/C=C\CCC(=O)CC[C@H](NC(=O)OC(C)(C)C)C(=O)N2C1. The van der Waals surface area contributed by atoms with Gasteiger partial charge >= 0.3 is 12.1 Å². The van der Waals surface area contributed by atoms with Crippen molar-refractivity contribution >= 4 is 29.7 Å². The van der Waals surface area contributed by atoms with Crippen LogP contribution in [-0.4, -0.2) is 107 Å². The molecule has 6 aliphatic rings. The number of allylic oxidation sites excluding steroid dienone is 1. The Morgan fingerprint density at radius 1 is 0.962 bits per heavy atom. The summed E-state index contributed by atoms with van der Waals surface area (Å²) in [5, 5.41) is 19.7. The average molecular weight is 729 g/mol. The molecule has 2 saturated heterocycles. The summed E-state index contributed by atoms with van der Waals surface area (Å²) < 4.78 is 18.3. The maximum absolute atomic E-state index is 14.5. The van der Waals surface area contributed by atoms with Gasteiger partial charge in [-0.2, -0.15) is 0 Å². The normalized spacial score (nSPS) is 38.4. The van der Waals surface area contributed by atoms with Gasteiger partial charge in [0.05, 0.1) is 18.3 Å². The Morgan fingerprint density at radius 3 is 2.44 bits per heavy atom. The first kappa shape index (κ1) is 38.7. The number of hydrogen-bond acceptors (Lipinski definition) is 9. The lowest BCUT2D eigenvalue weighted by Crippen LogP contribution is -2.60. The number of amides is 3. The predicted octanol–water partition coefficient (Wildman–Crippen LogP) is 4.02. The van der Waals surface area contributed by atoms with Crippen LogP contribution in [0.4, 0.5) is 4.79 Å². The van der Waals surface area contributed by atoms with Gasteiger partial charge in [0.15, 0.2) is 0 Å². The second-order valence-electron chi connectivity index (χ2n) is 17.2. The van der Waals surface area contributed by atoms with Gasteiger partial charge in [-0.3, -0.25) is 14.4 Å². The molecule has 0 radical (unpaired) electrons. The van der Waals surface area contributed by atoms with Crippen molar-refractivity contribution in [2.24, 2.45) is 17.8 Å². The van der Waals surface area contributed by atoms with Crippen molar-refractivity contribution in [1.29, 1.82) is 0 Å². The molecule has 3 aliphatic carbocycles. The molecule has 6 rings (SSSR count). The standard InChI is InChI=1S/C39H60N4O9/c1-38(2,3)52-37(49)41-29-17-14-25(44)13-9-8-12-24-21-39(24,36(47)48)42-34(45)32-19-27(22-43(32)35(29)46)51-33-20-30(23-10-6-5-7-11-23)40-31-18-26(50-4)15-16-28(31)33/h8,12,23-24,26-33,40H,5-7,9-11,13-22H2,1-4H3,(H,41,49)(H,42,45)(H,47,48)/b12-8-/t24-,26?,27?,28?,29-,30?,31?,32-,33?,39+/m0/s1. The van der Waals surface area contributed by atoms with E-state index in [4.69, 9.17) is 14.2 Å². The number of methoxy groups -OCH3 is 1. The van der Waals surface area contributed by atoms with Gasteiger partial charge in [-0.25, -0.2) is 9.59 Å². The molecule has 3 aliphatic heterocycles. The largest absolute Gasteiger partial charge is 0.479 e. The molecule has 10 atom stereocenters. The van der Waals surface area contributed by atoms with Crippen LogP contribution in [0.15, 0.2) is 12.2 Å². The first-order chi connectivity index (χ1) is 24.8. The summed E-state index contributed by atoms with van der Waals surface area (Å²) in [4.78, 5) is 68.5. The van der Waals surface area contributed by atoms with Crippen LogP contribution in [0.25, 0.3) is 0 Å². The predicted molar refractivity (Wildman–Crippen MR) is 191 cm³/mol. The molecule has 0 aromatic carbocycles. The fourth-order valence-corrected chi connectivity index (χ4v) is 9.54. The third kappa shape index (κ3) is 9.01. The Balaban J connectivity index is 1.26. The molecule has 52 heavy (non-hydrogen) atoms. The lowest BCUT2D eigenvalue weighted by atomic mass is 9.71. The lowest BCUT2D eigenvalue weighted by molar-refractivity contribution is -0.145. The molecular weight excluding hydrogens is 668 g/mol. The van der Waals surface area contributed by atoms with Crippen LogP contribution in [-0.2, 0) is 33.4 Å². The van der Waals surface area contributed by atoms with Crippen molar-refractivity contribution < 1.29 is 43.3 Å². The molecule has 13 nitrogen and oxygen atoms in total. The number of carbonyl (C=O) groups is 5. The van der Waals surface area contributed by atoms with E-state index in [2.05, 4.69) is 16.0 Å². The fourth-order valence-electron chi connectivity index (χ4n) is 9.54. The van der Waals surface area contributed by atoms with Crippen LogP contribution in [0.1, 0.15) is 117 Å². The number of ketones is 1. The Kier molecular flexibility index (Phi) is 12.0. The first-order valence-corrected chi connectivity index (χ1v) is 19.7. The quantitative estimate of drug-likeness (QED) is 0.293. The Bertz CT molecular complexity index is 1380. The highest BCUT2D eigenvalue weighted by atomic mass is 16.6. The molecule has 6 unspecified atom stereocenters. The summed E-state index contributed by atoms with van der Waals surface area (Å²) >= 11 is 0. The summed E-state index contributed by atoms with van der Waals surface area (Å²) in [5.41, 5.74) is -2.30. The number of carboxylic acids is 1. The highest BCUT2D eigenvalue weighted by Crippen LogP contribution is 2.46. The van der Waals surface area contributed by atoms with Gasteiger partial charge in [-0.1, -0.05) is 31.4 Å². The molecule has 3 heterocycles. The Morgan fingerprint density at radius 2 is 1.73 bits per heavy atom. The Hall–Kier alpha value is -3.03. The van der Waals surface area contributed by atoms with E-state index in [1.54, 1.807) is 40.0 Å². The van der Waals surface area contributed by atoms with Gasteiger partial charge in [-0.15, -0.1) is 0 Å². The van der Waals surface area contributed by atoms with Crippen molar-refractivity contribution in [1.82, 2.24) is 20.9 Å². The maximum atomic E-state index is 14.5. The second kappa shape index (κ2) is 16.1. The molecule has 3 amide bonds. The molecule has 0 bridgehead atoms. The number of Topliss-reactive ketones (excluding diaryl/α,β-unsaturated/α-hetero) is 1. The zero-order chi connectivity index (χ0) is 37.2. The lowest BCUT2D eigenvalue weighted by Gasteiger charge is -2.49. The average Bonchev–Trinajstić information content (AvgIpc) is 3.64. The second-order valence-corrected chi connectivity index (χ2v) is 17.2. The molecule has 5 fully saturated rings. The van der Waals surface area contributed by atoms with E-state index in [1.165, 1.54) is 37.0 Å². The number of carboxylic acid groups (broad SMARTS) is 1. The van der Waals surface area contributed by atoms with E-state index >= 15 is 0 Å². The summed E-state index contributed by atoms with van der Waals surface area (Å²) in [6.45, 7) is 5.27. The van der Waals surface area contributed by atoms with E-state index in [1.807, 2.05) is 0 Å². The highest BCUT2D eigenvalue weighted by molar-refractivity contribution is 5.96. The van der Waals surface area contributed by atoms with Crippen LogP contribution in [0, 0.1) is 17.8 Å². The number of alkyl carbamates (subject to hydrolysis) is 1. The van der Waals surface area contributed by atoms with E-state index in [-0.39, 0.29) is 68.6 Å². The monoisotopic (exact) mass is 728 g/mol. The van der Waals surface area contributed by atoms with E-state index in [0.29, 0.717) is 18.4 Å². The molecule has 0 aromatic rings. The number of aliphatic carboxylic acids is 1. The number of fused-ring (bicyclic) bond motifs is 3. The molecule has 3 saturated carbocycles. The van der Waals surface area contributed by atoms with Crippen molar-refractivity contribution in [3.8, 4) is 0 Å².